The average Bonchev–Trinajstić information content (AvgIpc) is 3.10. The van der Waals surface area contributed by atoms with Crippen LogP contribution in [0.2, 0.25) is 0 Å². The maximum Gasteiger partial charge on any atom is 0.337 e. The van der Waals surface area contributed by atoms with Crippen molar-refractivity contribution in [2.75, 3.05) is 7.11 Å². The molecule has 1 aliphatic carbocycles. The number of hydrogen-bond acceptors (Lipinski definition) is 4. The lowest BCUT2D eigenvalue weighted by Gasteiger charge is -2.18. The summed E-state index contributed by atoms with van der Waals surface area (Å²) < 4.78 is 4.72. The van der Waals surface area contributed by atoms with Gasteiger partial charge in [-0.05, 0) is 66.8 Å². The number of aliphatic hydroxyl groups is 1. The molecule has 1 saturated carbocycles. The van der Waals surface area contributed by atoms with E-state index in [-0.39, 0.29) is 5.97 Å². The van der Waals surface area contributed by atoms with Crippen molar-refractivity contribution in [2.24, 2.45) is 11.8 Å². The molecule has 24 heavy (non-hydrogen) atoms. The Morgan fingerprint density at radius 3 is 2.75 bits per heavy atom. The molecule has 2 aromatic rings. The first-order valence-corrected chi connectivity index (χ1v) is 8.42. The monoisotopic (exact) mass is 325 g/mol. The van der Waals surface area contributed by atoms with Gasteiger partial charge in [-0.2, -0.15) is 0 Å². The number of aromatic nitrogens is 1. The molecule has 0 aliphatic heterocycles. The molecule has 3 rings (SSSR count). The second kappa shape index (κ2) is 7.58. The van der Waals surface area contributed by atoms with Crippen LogP contribution in [0.15, 0.2) is 48.8 Å². The Balaban J connectivity index is 1.57. The highest BCUT2D eigenvalue weighted by Crippen LogP contribution is 2.40. The summed E-state index contributed by atoms with van der Waals surface area (Å²) in [6.45, 7) is 0. The maximum atomic E-state index is 11.5. The van der Waals surface area contributed by atoms with Crippen molar-refractivity contribution in [2.45, 2.75) is 31.8 Å². The predicted octanol–water partition coefficient (Wildman–Crippen LogP) is 3.56. The van der Waals surface area contributed by atoms with Crippen molar-refractivity contribution < 1.29 is 14.6 Å². The molecule has 3 atom stereocenters. The number of benzene rings is 1. The van der Waals surface area contributed by atoms with Gasteiger partial charge in [0.25, 0.3) is 0 Å². The minimum absolute atomic E-state index is 0.300. The lowest BCUT2D eigenvalue weighted by molar-refractivity contribution is 0.0600. The lowest BCUT2D eigenvalue weighted by Crippen LogP contribution is -2.10. The number of carbonyl (C=O) groups is 1. The number of rotatable bonds is 5. The Morgan fingerprint density at radius 2 is 2.08 bits per heavy atom. The molecule has 0 saturated heterocycles. The number of esters is 1. The minimum Gasteiger partial charge on any atom is -0.465 e. The van der Waals surface area contributed by atoms with E-state index in [4.69, 9.17) is 4.74 Å². The number of aliphatic hydroxyl groups excluding tert-OH is 1. The van der Waals surface area contributed by atoms with Crippen LogP contribution in [0.5, 0.6) is 0 Å². The van der Waals surface area contributed by atoms with Gasteiger partial charge in [0.2, 0.25) is 0 Å². The Morgan fingerprint density at radius 1 is 1.29 bits per heavy atom. The van der Waals surface area contributed by atoms with Gasteiger partial charge in [0, 0.05) is 12.4 Å². The number of ether oxygens (including phenoxy) is 1. The summed E-state index contributed by atoms with van der Waals surface area (Å²) in [5.74, 6) is 0.570. The molecule has 4 heteroatoms. The molecule has 1 N–H and O–H groups in total. The van der Waals surface area contributed by atoms with Crippen molar-refractivity contribution in [1.82, 2.24) is 4.98 Å². The summed E-state index contributed by atoms with van der Waals surface area (Å²) in [5, 5.41) is 10.5. The average molecular weight is 325 g/mol. The van der Waals surface area contributed by atoms with Crippen molar-refractivity contribution >= 4 is 5.97 Å². The summed E-state index contributed by atoms with van der Waals surface area (Å²) in [6.07, 6.45) is 7.23. The third-order valence-electron chi connectivity index (χ3n) is 4.95. The van der Waals surface area contributed by atoms with Gasteiger partial charge in [-0.3, -0.25) is 4.98 Å². The molecule has 0 spiro atoms. The molecule has 1 aromatic heterocycles. The van der Waals surface area contributed by atoms with Crippen LogP contribution < -0.4 is 0 Å². The van der Waals surface area contributed by atoms with Gasteiger partial charge in [-0.15, -0.1) is 0 Å². The van der Waals surface area contributed by atoms with Crippen LogP contribution in [0.4, 0.5) is 0 Å². The number of nitrogens with zero attached hydrogens (tertiary/aromatic N) is 1. The van der Waals surface area contributed by atoms with E-state index < -0.39 is 6.10 Å². The second-order valence-corrected chi connectivity index (χ2v) is 6.56. The van der Waals surface area contributed by atoms with E-state index in [1.165, 1.54) is 12.7 Å². The molecular weight excluding hydrogens is 302 g/mol. The summed E-state index contributed by atoms with van der Waals surface area (Å²) in [5.41, 5.74) is 2.72. The fourth-order valence-corrected chi connectivity index (χ4v) is 3.64. The van der Waals surface area contributed by atoms with Gasteiger partial charge >= 0.3 is 5.97 Å². The number of pyridine rings is 1. The molecule has 1 fully saturated rings. The smallest absolute Gasteiger partial charge is 0.337 e. The van der Waals surface area contributed by atoms with E-state index in [9.17, 15) is 9.90 Å². The predicted molar refractivity (Wildman–Crippen MR) is 91.5 cm³/mol. The van der Waals surface area contributed by atoms with E-state index in [1.54, 1.807) is 12.4 Å². The van der Waals surface area contributed by atoms with Gasteiger partial charge in [0.1, 0.15) is 0 Å². The van der Waals surface area contributed by atoms with Crippen molar-refractivity contribution in [3.63, 3.8) is 0 Å². The number of hydrogen-bond donors (Lipinski definition) is 1. The summed E-state index contributed by atoms with van der Waals surface area (Å²) in [4.78, 5) is 15.6. The Bertz CT molecular complexity index is 669. The molecule has 0 radical (unpaired) electrons. The molecule has 4 nitrogen and oxygen atoms in total. The Hall–Kier alpha value is -2.20. The first-order valence-electron chi connectivity index (χ1n) is 8.42. The highest BCUT2D eigenvalue weighted by molar-refractivity contribution is 5.89. The van der Waals surface area contributed by atoms with Crippen LogP contribution in [0.25, 0.3) is 0 Å². The van der Waals surface area contributed by atoms with Gasteiger partial charge in [0.05, 0.1) is 18.8 Å². The van der Waals surface area contributed by atoms with Crippen LogP contribution >= 0.6 is 0 Å². The molecule has 1 heterocycles. The van der Waals surface area contributed by atoms with Crippen molar-refractivity contribution in [3.8, 4) is 0 Å². The van der Waals surface area contributed by atoms with Crippen LogP contribution in [-0.2, 0) is 11.2 Å². The molecule has 126 valence electrons. The normalized spacial score (nSPS) is 21.4. The Labute approximate surface area is 142 Å². The minimum atomic E-state index is -0.426. The largest absolute Gasteiger partial charge is 0.465 e. The maximum absolute atomic E-state index is 11.5. The number of methoxy groups -OCH3 is 1. The zero-order valence-corrected chi connectivity index (χ0v) is 13.9. The van der Waals surface area contributed by atoms with Gasteiger partial charge in [-0.25, -0.2) is 4.79 Å². The van der Waals surface area contributed by atoms with Crippen molar-refractivity contribution in [3.05, 3.63) is 65.5 Å². The summed E-state index contributed by atoms with van der Waals surface area (Å²) in [7, 11) is 1.39. The first kappa shape index (κ1) is 16.7. The van der Waals surface area contributed by atoms with E-state index in [0.717, 1.165) is 31.2 Å². The molecule has 0 bridgehead atoms. The molecule has 1 aromatic carbocycles. The molecule has 0 amide bonds. The van der Waals surface area contributed by atoms with Gasteiger partial charge < -0.3 is 9.84 Å². The fourth-order valence-electron chi connectivity index (χ4n) is 3.64. The van der Waals surface area contributed by atoms with Gasteiger partial charge in [-0.1, -0.05) is 18.2 Å². The van der Waals surface area contributed by atoms with Crippen molar-refractivity contribution in [1.29, 1.82) is 0 Å². The highest BCUT2D eigenvalue weighted by Gasteiger charge is 2.30. The topological polar surface area (TPSA) is 59.4 Å². The van der Waals surface area contributed by atoms with Crippen LogP contribution in [0.3, 0.4) is 0 Å². The van der Waals surface area contributed by atoms with E-state index in [2.05, 4.69) is 4.98 Å². The third-order valence-corrected chi connectivity index (χ3v) is 4.95. The molecule has 1 aliphatic rings. The fraction of sp³-hybridized carbons (Fsp3) is 0.400. The summed E-state index contributed by atoms with van der Waals surface area (Å²) >= 11 is 0. The van der Waals surface area contributed by atoms with Crippen LogP contribution in [0.1, 0.15) is 46.9 Å². The third kappa shape index (κ3) is 3.82. The summed E-state index contributed by atoms with van der Waals surface area (Å²) in [6, 6.07) is 11.4. The second-order valence-electron chi connectivity index (χ2n) is 6.56. The van der Waals surface area contributed by atoms with Crippen LogP contribution in [0, 0.1) is 11.8 Å². The standard InChI is InChI=1S/C20H23NO3/c1-24-20(23)16-7-4-14(5-8-16)11-15-6-9-17(12-15)19(22)18-3-2-10-21-13-18/h2-5,7-8,10,13,15,17,19,22H,6,9,11-12H2,1H3/t15-,17-,19-/m0/s1. The molecule has 0 unspecified atom stereocenters. The van der Waals surface area contributed by atoms with E-state index >= 15 is 0 Å². The zero-order chi connectivity index (χ0) is 16.9. The molecular formula is C20H23NO3. The number of carbonyl (C=O) groups excluding carboxylic acids is 1. The Kier molecular flexibility index (Phi) is 5.26. The van der Waals surface area contributed by atoms with Gasteiger partial charge in [0.15, 0.2) is 0 Å². The van der Waals surface area contributed by atoms with E-state index in [1.807, 2.05) is 36.4 Å². The quantitative estimate of drug-likeness (QED) is 0.854. The van der Waals surface area contributed by atoms with E-state index in [0.29, 0.717) is 17.4 Å². The first-order chi connectivity index (χ1) is 11.7. The highest BCUT2D eigenvalue weighted by atomic mass is 16.5. The lowest BCUT2D eigenvalue weighted by atomic mass is 9.92. The SMILES string of the molecule is COC(=O)c1ccc(C[C@@H]2CC[C@H]([C@H](O)c3cccnc3)C2)cc1. The zero-order valence-electron chi connectivity index (χ0n) is 13.9. The van der Waals surface area contributed by atoms with Crippen LogP contribution in [-0.4, -0.2) is 23.2 Å².